The fraction of sp³-hybridized carbons (Fsp3) is 0.500. The van der Waals surface area contributed by atoms with Crippen LogP contribution < -0.4 is 5.32 Å². The Morgan fingerprint density at radius 3 is 2.93 bits per heavy atom. The van der Waals surface area contributed by atoms with Crippen LogP contribution in [0.25, 0.3) is 0 Å². The molecular formula is C10H15NO2S. The molecule has 4 heteroatoms. The van der Waals surface area contributed by atoms with Gasteiger partial charge >= 0.3 is 5.97 Å². The monoisotopic (exact) mass is 213 g/mol. The molecule has 0 bridgehead atoms. The predicted molar refractivity (Wildman–Crippen MR) is 57.5 cm³/mol. The quantitative estimate of drug-likeness (QED) is 0.776. The van der Waals surface area contributed by atoms with E-state index < -0.39 is 0 Å². The molecule has 1 heterocycles. The molecule has 0 aromatic carbocycles. The van der Waals surface area contributed by atoms with Crippen LogP contribution in [0.1, 0.15) is 23.4 Å². The standard InChI is InChI=1S/C10H15NO2S/c1-7-4-5-14-10(7)8(2)11-6-9(12)13-3/h4-5,8,11H,6H2,1-3H3. The van der Waals surface area contributed by atoms with Crippen LogP contribution in [0.15, 0.2) is 11.4 Å². The number of ether oxygens (including phenoxy) is 1. The number of hydrogen-bond acceptors (Lipinski definition) is 4. The lowest BCUT2D eigenvalue weighted by Gasteiger charge is -2.12. The van der Waals surface area contributed by atoms with Crippen LogP contribution in [-0.4, -0.2) is 19.6 Å². The van der Waals surface area contributed by atoms with Gasteiger partial charge in [0.1, 0.15) is 0 Å². The van der Waals surface area contributed by atoms with Crippen molar-refractivity contribution in [3.63, 3.8) is 0 Å². The molecule has 0 spiro atoms. The first-order chi connectivity index (χ1) is 6.65. The largest absolute Gasteiger partial charge is 0.468 e. The summed E-state index contributed by atoms with van der Waals surface area (Å²) in [5, 5.41) is 5.17. The molecule has 0 saturated carbocycles. The maximum Gasteiger partial charge on any atom is 0.319 e. The van der Waals surface area contributed by atoms with Crippen molar-refractivity contribution in [2.24, 2.45) is 0 Å². The Morgan fingerprint density at radius 2 is 2.43 bits per heavy atom. The third-order valence-electron chi connectivity index (χ3n) is 2.08. The number of hydrogen-bond donors (Lipinski definition) is 1. The van der Waals surface area contributed by atoms with Gasteiger partial charge in [0.25, 0.3) is 0 Å². The van der Waals surface area contributed by atoms with E-state index in [0.29, 0.717) is 0 Å². The lowest BCUT2D eigenvalue weighted by Crippen LogP contribution is -2.26. The molecule has 0 aliphatic carbocycles. The summed E-state index contributed by atoms with van der Waals surface area (Å²) in [5.74, 6) is -0.231. The van der Waals surface area contributed by atoms with Crippen molar-refractivity contribution in [2.75, 3.05) is 13.7 Å². The molecule has 3 nitrogen and oxygen atoms in total. The molecule has 14 heavy (non-hydrogen) atoms. The highest BCUT2D eigenvalue weighted by Gasteiger charge is 2.10. The van der Waals surface area contributed by atoms with Crippen LogP contribution in [0, 0.1) is 6.92 Å². The maximum absolute atomic E-state index is 10.9. The molecule has 1 rings (SSSR count). The van der Waals surface area contributed by atoms with E-state index in [1.807, 2.05) is 6.92 Å². The first-order valence-corrected chi connectivity index (χ1v) is 5.37. The predicted octanol–water partition coefficient (Wildman–Crippen LogP) is 1.88. The van der Waals surface area contributed by atoms with Crippen LogP contribution >= 0.6 is 11.3 Å². The second-order valence-corrected chi connectivity index (χ2v) is 4.09. The number of methoxy groups -OCH3 is 1. The lowest BCUT2D eigenvalue weighted by atomic mass is 10.2. The summed E-state index contributed by atoms with van der Waals surface area (Å²) in [6.45, 7) is 4.37. The number of carbonyl (C=O) groups is 1. The van der Waals surface area contributed by atoms with Gasteiger partial charge in [-0.2, -0.15) is 0 Å². The molecule has 1 unspecified atom stereocenters. The molecule has 0 aliphatic heterocycles. The van der Waals surface area contributed by atoms with E-state index in [4.69, 9.17) is 0 Å². The van der Waals surface area contributed by atoms with E-state index in [2.05, 4.69) is 28.4 Å². The van der Waals surface area contributed by atoms with Crippen LogP contribution in [-0.2, 0) is 9.53 Å². The van der Waals surface area contributed by atoms with Gasteiger partial charge in [-0.15, -0.1) is 11.3 Å². The number of thiophene rings is 1. The van der Waals surface area contributed by atoms with Gasteiger partial charge in [-0.05, 0) is 30.9 Å². The summed E-state index contributed by atoms with van der Waals surface area (Å²) in [6.07, 6.45) is 0. The highest BCUT2D eigenvalue weighted by molar-refractivity contribution is 7.10. The van der Waals surface area contributed by atoms with Crippen molar-refractivity contribution in [2.45, 2.75) is 19.9 Å². The third kappa shape index (κ3) is 2.82. The van der Waals surface area contributed by atoms with Crippen molar-refractivity contribution in [3.05, 3.63) is 21.9 Å². The molecule has 0 radical (unpaired) electrons. The minimum absolute atomic E-state index is 0.203. The van der Waals surface area contributed by atoms with E-state index in [1.165, 1.54) is 17.6 Å². The van der Waals surface area contributed by atoms with Gasteiger partial charge in [0, 0.05) is 10.9 Å². The summed E-state index contributed by atoms with van der Waals surface area (Å²) in [7, 11) is 1.39. The first kappa shape index (κ1) is 11.2. The fourth-order valence-corrected chi connectivity index (χ4v) is 2.19. The highest BCUT2D eigenvalue weighted by atomic mass is 32.1. The Bertz CT molecular complexity index is 309. The zero-order valence-corrected chi connectivity index (χ0v) is 9.48. The van der Waals surface area contributed by atoms with E-state index in [0.717, 1.165) is 0 Å². The van der Waals surface area contributed by atoms with Gasteiger partial charge in [-0.1, -0.05) is 0 Å². The van der Waals surface area contributed by atoms with Gasteiger partial charge < -0.3 is 4.74 Å². The molecule has 1 atom stereocenters. The normalized spacial score (nSPS) is 12.5. The number of nitrogens with one attached hydrogen (secondary N) is 1. The Kier molecular flexibility index (Phi) is 4.10. The molecular weight excluding hydrogens is 198 g/mol. The number of aryl methyl sites for hydroxylation is 1. The Morgan fingerprint density at radius 1 is 1.71 bits per heavy atom. The second kappa shape index (κ2) is 5.12. The topological polar surface area (TPSA) is 38.3 Å². The average Bonchev–Trinajstić information content (AvgIpc) is 2.60. The minimum Gasteiger partial charge on any atom is -0.468 e. The maximum atomic E-state index is 10.9. The Labute approximate surface area is 88.1 Å². The van der Waals surface area contributed by atoms with E-state index in [-0.39, 0.29) is 18.6 Å². The lowest BCUT2D eigenvalue weighted by molar-refractivity contribution is -0.139. The summed E-state index contributed by atoms with van der Waals surface area (Å²) >= 11 is 1.70. The zero-order valence-electron chi connectivity index (χ0n) is 8.66. The van der Waals surface area contributed by atoms with Gasteiger partial charge in [0.2, 0.25) is 0 Å². The molecule has 0 amide bonds. The van der Waals surface area contributed by atoms with E-state index in [9.17, 15) is 4.79 Å². The van der Waals surface area contributed by atoms with Crippen molar-refractivity contribution >= 4 is 17.3 Å². The SMILES string of the molecule is COC(=O)CNC(C)c1sccc1C. The van der Waals surface area contributed by atoms with Gasteiger partial charge in [0.05, 0.1) is 13.7 Å². The van der Waals surface area contributed by atoms with Crippen molar-refractivity contribution in [1.29, 1.82) is 0 Å². The minimum atomic E-state index is -0.231. The summed E-state index contributed by atoms with van der Waals surface area (Å²) in [6, 6.07) is 2.28. The molecule has 0 fully saturated rings. The van der Waals surface area contributed by atoms with Crippen LogP contribution in [0.4, 0.5) is 0 Å². The first-order valence-electron chi connectivity index (χ1n) is 4.49. The summed E-state index contributed by atoms with van der Waals surface area (Å²) in [4.78, 5) is 12.2. The Hall–Kier alpha value is -0.870. The van der Waals surface area contributed by atoms with Gasteiger partial charge in [-0.3, -0.25) is 10.1 Å². The van der Waals surface area contributed by atoms with Gasteiger partial charge in [-0.25, -0.2) is 0 Å². The molecule has 1 N–H and O–H groups in total. The molecule has 1 aromatic rings. The molecule has 0 saturated heterocycles. The van der Waals surface area contributed by atoms with Gasteiger partial charge in [0.15, 0.2) is 0 Å². The van der Waals surface area contributed by atoms with Crippen molar-refractivity contribution in [3.8, 4) is 0 Å². The van der Waals surface area contributed by atoms with Crippen molar-refractivity contribution < 1.29 is 9.53 Å². The van der Waals surface area contributed by atoms with E-state index in [1.54, 1.807) is 11.3 Å². The smallest absolute Gasteiger partial charge is 0.319 e. The Balaban J connectivity index is 2.47. The van der Waals surface area contributed by atoms with Crippen molar-refractivity contribution in [1.82, 2.24) is 5.32 Å². The summed E-state index contributed by atoms with van der Waals surface area (Å²) in [5.41, 5.74) is 1.26. The number of rotatable bonds is 4. The number of carbonyl (C=O) groups excluding carboxylic acids is 1. The summed E-state index contributed by atoms with van der Waals surface area (Å²) < 4.78 is 4.55. The third-order valence-corrected chi connectivity index (χ3v) is 3.28. The van der Waals surface area contributed by atoms with Crippen LogP contribution in [0.2, 0.25) is 0 Å². The second-order valence-electron chi connectivity index (χ2n) is 3.15. The highest BCUT2D eigenvalue weighted by Crippen LogP contribution is 2.22. The van der Waals surface area contributed by atoms with Crippen LogP contribution in [0.3, 0.4) is 0 Å². The molecule has 78 valence electrons. The average molecular weight is 213 g/mol. The van der Waals surface area contributed by atoms with Crippen LogP contribution in [0.5, 0.6) is 0 Å². The molecule has 0 aliphatic rings. The molecule has 1 aromatic heterocycles. The number of esters is 1. The van der Waals surface area contributed by atoms with E-state index >= 15 is 0 Å². The zero-order chi connectivity index (χ0) is 10.6. The fourth-order valence-electron chi connectivity index (χ4n) is 1.23.